The van der Waals surface area contributed by atoms with Crippen LogP contribution in [-0.4, -0.2) is 90.6 Å². The van der Waals surface area contributed by atoms with Crippen molar-refractivity contribution in [1.29, 1.82) is 10.5 Å². The van der Waals surface area contributed by atoms with Crippen LogP contribution in [0.2, 0.25) is 5.02 Å². The minimum Gasteiger partial charge on any atom is -0.402 e. The van der Waals surface area contributed by atoms with Crippen LogP contribution in [-0.2, 0) is 53.2 Å². The maximum Gasteiger partial charge on any atom is 0.530 e. The van der Waals surface area contributed by atoms with E-state index in [-0.39, 0.29) is 22.4 Å². The number of hydrogen-bond acceptors (Lipinski definition) is 18. The molecule has 4 aromatic heterocycles. The van der Waals surface area contributed by atoms with E-state index < -0.39 is 80.4 Å². The largest absolute Gasteiger partial charge is 0.530 e. The average molecular weight is 835 g/mol. The van der Waals surface area contributed by atoms with Gasteiger partial charge in [-0.15, -0.1) is 0 Å². The zero-order valence-corrected chi connectivity index (χ0v) is 32.9. The standard InChI is InChI=1S/C36H36ClN10O10P/c1-33(2)53-27-23(51-35(15-38,29(27)55-33)25-11-9-20-31(40)42-17-44-46(20)25)13-49-58(48,57-22-8-6-5-7-19(22)37)50-14-24-28-30(56-34(3,4)54-28)36(16-39,52-24)26-12-10-21-32(41)43-18-45-47(21)26/h5-12,17-18,23-24,27-30H,13-14H2,1-4H3,(H2,40,42,44)(H2,41,43,45)/t23-,24-,27-,28-,29-,30-,35+,36+/m1/s1. The molecule has 1 aromatic carbocycles. The van der Waals surface area contributed by atoms with Crippen LogP contribution in [0.25, 0.3) is 11.0 Å². The minimum atomic E-state index is -4.71. The normalized spacial score (nSPS) is 31.8. The fourth-order valence-corrected chi connectivity index (χ4v) is 9.45. The van der Waals surface area contributed by atoms with Crippen LogP contribution in [0.15, 0.2) is 61.2 Å². The average Bonchev–Trinajstić information content (AvgIpc) is 4.03. The third kappa shape index (κ3) is 6.08. The second-order valence-electron chi connectivity index (χ2n) is 14.9. The van der Waals surface area contributed by atoms with Gasteiger partial charge in [0.25, 0.3) is 0 Å². The van der Waals surface area contributed by atoms with Gasteiger partial charge in [-0.05, 0) is 64.1 Å². The topological polar surface area (TPSA) is 260 Å². The first-order valence-corrected chi connectivity index (χ1v) is 19.9. The van der Waals surface area contributed by atoms with Gasteiger partial charge >= 0.3 is 7.82 Å². The lowest BCUT2D eigenvalue weighted by molar-refractivity contribution is -0.205. The molecule has 4 aliphatic rings. The van der Waals surface area contributed by atoms with Crippen LogP contribution in [0.1, 0.15) is 39.1 Å². The number of rotatable bonds is 10. The number of nitriles is 2. The Bertz CT molecular complexity index is 2430. The number of halogens is 1. The lowest BCUT2D eigenvalue weighted by atomic mass is 9.92. The molecule has 4 saturated heterocycles. The Balaban J connectivity index is 1.02. The van der Waals surface area contributed by atoms with Crippen LogP contribution in [0, 0.1) is 22.7 Å². The quantitative estimate of drug-likeness (QED) is 0.190. The van der Waals surface area contributed by atoms with Gasteiger partial charge in [0.1, 0.15) is 78.2 Å². The summed E-state index contributed by atoms with van der Waals surface area (Å²) in [6, 6.07) is 17.4. The number of nitrogen functional groups attached to an aromatic ring is 2. The predicted octanol–water partition coefficient (Wildman–Crippen LogP) is 3.79. The summed E-state index contributed by atoms with van der Waals surface area (Å²) in [5, 5.41) is 30.3. The highest BCUT2D eigenvalue weighted by molar-refractivity contribution is 7.48. The van der Waals surface area contributed by atoms with E-state index >= 15 is 0 Å². The molecule has 4 fully saturated rings. The van der Waals surface area contributed by atoms with E-state index in [2.05, 4.69) is 32.3 Å². The second-order valence-corrected chi connectivity index (χ2v) is 16.9. The number of fused-ring (bicyclic) bond motifs is 4. The molecule has 8 heterocycles. The van der Waals surface area contributed by atoms with Crippen molar-refractivity contribution in [2.24, 2.45) is 0 Å². The minimum absolute atomic E-state index is 0.0160. The van der Waals surface area contributed by atoms with E-state index in [1.165, 1.54) is 33.8 Å². The first kappa shape index (κ1) is 38.6. The molecule has 0 aliphatic carbocycles. The maximum absolute atomic E-state index is 14.9. The van der Waals surface area contributed by atoms with Crippen molar-refractivity contribution in [2.75, 3.05) is 24.7 Å². The Morgan fingerprint density at radius 1 is 0.741 bits per heavy atom. The molecule has 0 radical (unpaired) electrons. The molecule has 8 atom stereocenters. The van der Waals surface area contributed by atoms with Gasteiger partial charge in [-0.1, -0.05) is 23.7 Å². The molecule has 20 nitrogen and oxygen atoms in total. The summed E-state index contributed by atoms with van der Waals surface area (Å²) in [5.41, 5.74) is 10.1. The second kappa shape index (κ2) is 13.5. The van der Waals surface area contributed by atoms with E-state index in [0.29, 0.717) is 22.4 Å². The fraction of sp³-hybridized carbons (Fsp3) is 0.444. The van der Waals surface area contributed by atoms with Crippen molar-refractivity contribution >= 4 is 42.1 Å². The van der Waals surface area contributed by atoms with Gasteiger partial charge in [0.05, 0.1) is 29.6 Å². The summed E-state index contributed by atoms with van der Waals surface area (Å²) < 4.78 is 73.8. The zero-order chi connectivity index (χ0) is 40.8. The summed E-state index contributed by atoms with van der Waals surface area (Å²) in [4.78, 5) is 8.07. The van der Waals surface area contributed by atoms with Crippen molar-refractivity contribution in [1.82, 2.24) is 29.2 Å². The number of nitrogens with two attached hydrogens (primary N) is 2. The number of anilines is 2. The number of benzene rings is 1. The lowest BCUT2D eigenvalue weighted by Crippen LogP contribution is -2.40. The molecule has 4 aliphatic heterocycles. The van der Waals surface area contributed by atoms with Gasteiger partial charge in [0.2, 0.25) is 11.2 Å². The number of aromatic nitrogens is 6. The lowest BCUT2D eigenvalue weighted by Gasteiger charge is -2.30. The van der Waals surface area contributed by atoms with Crippen molar-refractivity contribution < 1.29 is 46.6 Å². The molecule has 5 aromatic rings. The van der Waals surface area contributed by atoms with E-state index in [4.69, 9.17) is 65.1 Å². The Kier molecular flexibility index (Phi) is 9.00. The molecule has 0 saturated carbocycles. The van der Waals surface area contributed by atoms with Crippen LogP contribution in [0.4, 0.5) is 11.6 Å². The highest BCUT2D eigenvalue weighted by atomic mass is 35.5. The van der Waals surface area contributed by atoms with Crippen molar-refractivity contribution in [2.45, 2.75) is 87.1 Å². The van der Waals surface area contributed by atoms with Crippen molar-refractivity contribution in [3.8, 4) is 17.9 Å². The Morgan fingerprint density at radius 3 is 1.66 bits per heavy atom. The Morgan fingerprint density at radius 2 is 1.21 bits per heavy atom. The van der Waals surface area contributed by atoms with Gasteiger partial charge in [0, 0.05) is 0 Å². The van der Waals surface area contributed by atoms with Gasteiger partial charge < -0.3 is 44.4 Å². The first-order chi connectivity index (χ1) is 27.6. The van der Waals surface area contributed by atoms with Gasteiger partial charge in [-0.25, -0.2) is 23.6 Å². The molecule has 9 rings (SSSR count). The summed E-state index contributed by atoms with van der Waals surface area (Å²) >= 11 is 6.44. The third-order valence-electron chi connectivity index (χ3n) is 10.4. The molecule has 0 unspecified atom stereocenters. The number of hydrogen-bond donors (Lipinski definition) is 2. The monoisotopic (exact) mass is 834 g/mol. The highest BCUT2D eigenvalue weighted by Crippen LogP contribution is 2.56. The summed E-state index contributed by atoms with van der Waals surface area (Å²) in [5.74, 6) is -1.95. The number of phosphoric ester groups is 1. The fourth-order valence-electron chi connectivity index (χ4n) is 7.99. The van der Waals surface area contributed by atoms with Crippen LogP contribution in [0.3, 0.4) is 0 Å². The van der Waals surface area contributed by atoms with Gasteiger partial charge in [-0.3, -0.25) is 9.05 Å². The predicted molar refractivity (Wildman–Crippen MR) is 198 cm³/mol. The van der Waals surface area contributed by atoms with Crippen LogP contribution in [0.5, 0.6) is 5.75 Å². The van der Waals surface area contributed by atoms with Gasteiger partial charge in [0.15, 0.2) is 23.2 Å². The molecular weight excluding hydrogens is 799 g/mol. The van der Waals surface area contributed by atoms with E-state index in [1.54, 1.807) is 64.1 Å². The Hall–Kier alpha value is -4.96. The molecular formula is C36H36ClN10O10P. The smallest absolute Gasteiger partial charge is 0.402 e. The summed E-state index contributed by atoms with van der Waals surface area (Å²) in [6.45, 7) is 5.80. The molecule has 4 N–H and O–H groups in total. The van der Waals surface area contributed by atoms with E-state index in [1.807, 2.05) is 0 Å². The molecule has 0 amide bonds. The maximum atomic E-state index is 14.9. The number of para-hydroxylation sites is 1. The first-order valence-electron chi connectivity index (χ1n) is 18.0. The van der Waals surface area contributed by atoms with Crippen LogP contribution >= 0.6 is 19.4 Å². The number of ether oxygens (including phenoxy) is 6. The summed E-state index contributed by atoms with van der Waals surface area (Å²) in [7, 11) is -4.71. The molecule has 0 bridgehead atoms. The van der Waals surface area contributed by atoms with Crippen LogP contribution < -0.4 is 16.0 Å². The zero-order valence-electron chi connectivity index (χ0n) is 31.3. The van der Waals surface area contributed by atoms with Crippen molar-refractivity contribution in [3.63, 3.8) is 0 Å². The SMILES string of the molecule is CC1(C)O[C@H]2[C@@H](O1)[C@](C#N)(c1ccc3c(N)ncnn13)O[C@@H]2COP(=O)(OC[C@H]1O[C@@](C#N)(c2ccc3c(N)ncnn23)[C@@H]2OC(C)(C)O[C@@H]21)Oc1ccccc1Cl. The Labute approximate surface area is 334 Å². The molecule has 0 spiro atoms. The number of nitrogens with zero attached hydrogens (tertiary/aromatic N) is 8. The highest BCUT2D eigenvalue weighted by Gasteiger charge is 2.67. The van der Waals surface area contributed by atoms with E-state index in [9.17, 15) is 15.1 Å². The molecule has 22 heteroatoms. The van der Waals surface area contributed by atoms with E-state index in [0.717, 1.165) is 0 Å². The van der Waals surface area contributed by atoms with Gasteiger partial charge in [-0.2, -0.15) is 20.7 Å². The molecule has 58 heavy (non-hydrogen) atoms. The number of phosphoric acid groups is 1. The molecule has 302 valence electrons. The van der Waals surface area contributed by atoms with Crippen molar-refractivity contribution in [3.05, 3.63) is 77.6 Å². The third-order valence-corrected chi connectivity index (χ3v) is 12.0. The summed E-state index contributed by atoms with van der Waals surface area (Å²) in [6.07, 6.45) is -3.48.